The smallest absolute Gasteiger partial charge is 0.231 e. The Balaban J connectivity index is 1.53. The van der Waals surface area contributed by atoms with Crippen LogP contribution in [-0.4, -0.2) is 42.6 Å². The molecule has 0 aromatic heterocycles. The van der Waals surface area contributed by atoms with Crippen molar-refractivity contribution in [3.8, 4) is 11.5 Å². The van der Waals surface area contributed by atoms with Gasteiger partial charge in [-0.3, -0.25) is 9.59 Å². The number of ether oxygens (including phenoxy) is 2. The Bertz CT molecular complexity index is 651. The Morgan fingerprint density at radius 1 is 1.29 bits per heavy atom. The van der Waals surface area contributed by atoms with E-state index in [9.17, 15) is 9.59 Å². The monoisotopic (exact) mass is 332 g/mol. The Morgan fingerprint density at radius 2 is 2.04 bits per heavy atom. The average molecular weight is 332 g/mol. The summed E-state index contributed by atoms with van der Waals surface area (Å²) < 4.78 is 10.6. The predicted molar refractivity (Wildman–Crippen MR) is 88.9 cm³/mol. The Labute approximate surface area is 142 Å². The van der Waals surface area contributed by atoms with Crippen molar-refractivity contribution in [2.75, 3.05) is 19.9 Å². The van der Waals surface area contributed by atoms with Gasteiger partial charge in [-0.05, 0) is 23.1 Å². The van der Waals surface area contributed by atoms with Gasteiger partial charge in [0.15, 0.2) is 11.5 Å². The second-order valence-electron chi connectivity index (χ2n) is 7.67. The van der Waals surface area contributed by atoms with Crippen LogP contribution in [0, 0.1) is 5.41 Å². The first-order valence-corrected chi connectivity index (χ1v) is 8.26. The quantitative estimate of drug-likeness (QED) is 0.912. The minimum Gasteiger partial charge on any atom is -0.454 e. The molecule has 1 aromatic carbocycles. The molecular formula is C18H24N2O4. The molecule has 1 N–H and O–H groups in total. The molecule has 0 spiro atoms. The van der Waals surface area contributed by atoms with E-state index in [0.717, 1.165) is 5.56 Å². The standard InChI is InChI=1S/C18H24N2O4/c1-18(2,3)10-20-9-13(8-17(20)22)19-16(21)7-12-4-5-14-15(6-12)24-11-23-14/h4-6,13H,7-11H2,1-3H3,(H,19,21). The van der Waals surface area contributed by atoms with Gasteiger partial charge >= 0.3 is 0 Å². The van der Waals surface area contributed by atoms with Crippen molar-refractivity contribution in [3.63, 3.8) is 0 Å². The van der Waals surface area contributed by atoms with Gasteiger partial charge in [0.2, 0.25) is 18.6 Å². The highest BCUT2D eigenvalue weighted by atomic mass is 16.7. The largest absolute Gasteiger partial charge is 0.454 e. The molecule has 6 heteroatoms. The van der Waals surface area contributed by atoms with Gasteiger partial charge in [-0.15, -0.1) is 0 Å². The van der Waals surface area contributed by atoms with E-state index >= 15 is 0 Å². The number of nitrogens with one attached hydrogen (secondary N) is 1. The van der Waals surface area contributed by atoms with Crippen molar-refractivity contribution in [1.82, 2.24) is 10.2 Å². The topological polar surface area (TPSA) is 67.9 Å². The molecule has 2 amide bonds. The summed E-state index contributed by atoms with van der Waals surface area (Å²) in [6.45, 7) is 7.82. The minimum atomic E-state index is -0.110. The molecule has 0 aliphatic carbocycles. The molecule has 1 aromatic rings. The van der Waals surface area contributed by atoms with Gasteiger partial charge in [0.05, 0.1) is 12.5 Å². The van der Waals surface area contributed by atoms with Crippen LogP contribution < -0.4 is 14.8 Å². The molecule has 1 unspecified atom stereocenters. The number of benzene rings is 1. The second kappa shape index (κ2) is 6.34. The van der Waals surface area contributed by atoms with Crippen LogP contribution in [-0.2, 0) is 16.0 Å². The second-order valence-corrected chi connectivity index (χ2v) is 7.67. The van der Waals surface area contributed by atoms with Crippen LogP contribution >= 0.6 is 0 Å². The summed E-state index contributed by atoms with van der Waals surface area (Å²) in [5.41, 5.74) is 0.925. The Morgan fingerprint density at radius 3 is 2.79 bits per heavy atom. The van der Waals surface area contributed by atoms with Crippen LogP contribution in [0.2, 0.25) is 0 Å². The van der Waals surface area contributed by atoms with E-state index in [2.05, 4.69) is 26.1 Å². The highest BCUT2D eigenvalue weighted by molar-refractivity contribution is 5.83. The Hall–Kier alpha value is -2.24. The van der Waals surface area contributed by atoms with E-state index in [1.165, 1.54) is 0 Å². The van der Waals surface area contributed by atoms with Crippen molar-refractivity contribution in [3.05, 3.63) is 23.8 Å². The van der Waals surface area contributed by atoms with E-state index in [0.29, 0.717) is 31.0 Å². The van der Waals surface area contributed by atoms with Gasteiger partial charge in [0, 0.05) is 19.5 Å². The molecule has 0 radical (unpaired) electrons. The van der Waals surface area contributed by atoms with Gasteiger partial charge in [-0.2, -0.15) is 0 Å². The molecule has 1 saturated heterocycles. The van der Waals surface area contributed by atoms with Crippen molar-refractivity contribution in [2.24, 2.45) is 5.41 Å². The van der Waals surface area contributed by atoms with Gasteiger partial charge < -0.3 is 19.7 Å². The van der Waals surface area contributed by atoms with Crippen LogP contribution in [0.4, 0.5) is 0 Å². The SMILES string of the molecule is CC(C)(C)CN1CC(NC(=O)Cc2ccc3c(c2)OCO3)CC1=O. The number of nitrogens with zero attached hydrogens (tertiary/aromatic N) is 1. The fourth-order valence-corrected chi connectivity index (χ4v) is 3.11. The van der Waals surface area contributed by atoms with Crippen molar-refractivity contribution < 1.29 is 19.1 Å². The zero-order valence-electron chi connectivity index (χ0n) is 14.4. The summed E-state index contributed by atoms with van der Waals surface area (Å²) in [7, 11) is 0. The average Bonchev–Trinajstić information content (AvgIpc) is 3.04. The van der Waals surface area contributed by atoms with Gasteiger partial charge in [-0.1, -0.05) is 26.8 Å². The van der Waals surface area contributed by atoms with Gasteiger partial charge in [-0.25, -0.2) is 0 Å². The van der Waals surface area contributed by atoms with Crippen LogP contribution in [0.15, 0.2) is 18.2 Å². The molecule has 1 atom stereocenters. The summed E-state index contributed by atoms with van der Waals surface area (Å²) in [6.07, 6.45) is 0.642. The molecule has 0 bridgehead atoms. The van der Waals surface area contributed by atoms with E-state index in [1.807, 2.05) is 23.1 Å². The van der Waals surface area contributed by atoms with E-state index in [4.69, 9.17) is 9.47 Å². The molecule has 6 nitrogen and oxygen atoms in total. The molecule has 2 aliphatic rings. The number of fused-ring (bicyclic) bond motifs is 1. The lowest BCUT2D eigenvalue weighted by Crippen LogP contribution is -2.39. The third-order valence-corrected chi connectivity index (χ3v) is 4.05. The van der Waals surface area contributed by atoms with Crippen molar-refractivity contribution >= 4 is 11.8 Å². The molecular weight excluding hydrogens is 308 g/mol. The zero-order valence-corrected chi connectivity index (χ0v) is 14.4. The minimum absolute atomic E-state index is 0.0566. The fourth-order valence-electron chi connectivity index (χ4n) is 3.11. The lowest BCUT2D eigenvalue weighted by Gasteiger charge is -2.26. The maximum atomic E-state index is 12.3. The molecule has 2 aliphatic heterocycles. The number of hydrogen-bond acceptors (Lipinski definition) is 4. The molecule has 1 fully saturated rings. The van der Waals surface area contributed by atoms with Gasteiger partial charge in [0.25, 0.3) is 0 Å². The van der Waals surface area contributed by atoms with Crippen LogP contribution in [0.1, 0.15) is 32.8 Å². The van der Waals surface area contributed by atoms with E-state index in [1.54, 1.807) is 0 Å². The molecule has 24 heavy (non-hydrogen) atoms. The fraction of sp³-hybridized carbons (Fsp3) is 0.556. The molecule has 130 valence electrons. The Kier molecular flexibility index (Phi) is 4.39. The first-order valence-electron chi connectivity index (χ1n) is 8.26. The van der Waals surface area contributed by atoms with Crippen LogP contribution in [0.5, 0.6) is 11.5 Å². The highest BCUT2D eigenvalue weighted by Gasteiger charge is 2.32. The first kappa shape index (κ1) is 16.6. The van der Waals surface area contributed by atoms with Gasteiger partial charge in [0.1, 0.15) is 0 Å². The first-order chi connectivity index (χ1) is 11.3. The number of likely N-dealkylation sites (tertiary alicyclic amines) is 1. The third-order valence-electron chi connectivity index (χ3n) is 4.05. The third kappa shape index (κ3) is 3.99. The number of rotatable bonds is 4. The maximum Gasteiger partial charge on any atom is 0.231 e. The zero-order chi connectivity index (χ0) is 17.3. The lowest BCUT2D eigenvalue weighted by atomic mass is 9.96. The summed E-state index contributed by atoms with van der Waals surface area (Å²) >= 11 is 0. The number of carbonyl (C=O) groups excluding carboxylic acids is 2. The highest BCUT2D eigenvalue weighted by Crippen LogP contribution is 2.32. The summed E-state index contributed by atoms with van der Waals surface area (Å²) in [5, 5.41) is 2.97. The number of hydrogen-bond donors (Lipinski definition) is 1. The van der Waals surface area contributed by atoms with Crippen molar-refractivity contribution in [1.29, 1.82) is 0 Å². The number of carbonyl (C=O) groups is 2. The predicted octanol–water partition coefficient (Wildman–Crippen LogP) is 1.72. The molecule has 3 rings (SSSR count). The summed E-state index contributed by atoms with van der Waals surface area (Å²) in [5.74, 6) is 1.41. The normalized spacial score (nSPS) is 19.7. The van der Waals surface area contributed by atoms with Crippen LogP contribution in [0.25, 0.3) is 0 Å². The van der Waals surface area contributed by atoms with E-state index < -0.39 is 0 Å². The van der Waals surface area contributed by atoms with E-state index in [-0.39, 0.29) is 36.5 Å². The summed E-state index contributed by atoms with van der Waals surface area (Å²) in [6, 6.07) is 5.39. The van der Waals surface area contributed by atoms with Crippen LogP contribution in [0.3, 0.4) is 0 Å². The summed E-state index contributed by atoms with van der Waals surface area (Å²) in [4.78, 5) is 26.2. The maximum absolute atomic E-state index is 12.3. The van der Waals surface area contributed by atoms with Crippen molar-refractivity contribution in [2.45, 2.75) is 39.7 Å². The molecule has 0 saturated carbocycles. The lowest BCUT2D eigenvalue weighted by molar-refractivity contribution is -0.128. The molecule has 2 heterocycles. The number of amides is 2.